The Bertz CT molecular complexity index is 919. The number of aromatic amines is 1. The third-order valence-corrected chi connectivity index (χ3v) is 5.02. The van der Waals surface area contributed by atoms with E-state index in [9.17, 15) is 4.79 Å². The van der Waals surface area contributed by atoms with Gasteiger partial charge in [-0.05, 0) is 56.5 Å². The molecule has 0 spiro atoms. The van der Waals surface area contributed by atoms with Gasteiger partial charge < -0.3 is 19.6 Å². The molecule has 6 nitrogen and oxygen atoms in total. The number of H-pyrrole nitrogens is 1. The molecule has 1 amide bonds. The van der Waals surface area contributed by atoms with Gasteiger partial charge in [0.1, 0.15) is 11.5 Å². The summed E-state index contributed by atoms with van der Waals surface area (Å²) >= 11 is 0. The second-order valence-electron chi connectivity index (χ2n) is 7.07. The number of aryl methyl sites for hydroxylation is 2. The first-order valence-corrected chi connectivity index (χ1v) is 9.13. The third-order valence-electron chi connectivity index (χ3n) is 5.02. The number of hydrogen-bond donors (Lipinski definition) is 2. The maximum atomic E-state index is 12.4. The molecule has 0 atom stereocenters. The van der Waals surface area contributed by atoms with Crippen molar-refractivity contribution in [3.63, 3.8) is 0 Å². The van der Waals surface area contributed by atoms with Crippen molar-refractivity contribution in [1.29, 1.82) is 0 Å². The van der Waals surface area contributed by atoms with Crippen LogP contribution in [0.3, 0.4) is 0 Å². The number of rotatable bonds is 4. The minimum atomic E-state index is 0.0499. The lowest BCUT2D eigenvalue weighted by Gasteiger charge is -2.31. The predicted octanol–water partition coefficient (Wildman–Crippen LogP) is 3.31. The first-order valence-electron chi connectivity index (χ1n) is 9.13. The molecule has 0 saturated carbocycles. The topological polar surface area (TPSA) is 74.2 Å². The Morgan fingerprint density at radius 2 is 2.08 bits per heavy atom. The number of nitrogens with zero attached hydrogens (tertiary/aromatic N) is 2. The highest BCUT2D eigenvalue weighted by Gasteiger charge is 2.26. The summed E-state index contributed by atoms with van der Waals surface area (Å²) in [4.78, 5) is 22.7. The second kappa shape index (κ2) is 6.86. The number of piperidine rings is 1. The first-order chi connectivity index (χ1) is 12.6. The highest BCUT2D eigenvalue weighted by molar-refractivity contribution is 5.80. The molecule has 0 unspecified atom stereocenters. The van der Waals surface area contributed by atoms with Crippen LogP contribution in [0.4, 0.5) is 5.95 Å². The van der Waals surface area contributed by atoms with Gasteiger partial charge in [0.05, 0.1) is 17.6 Å². The van der Waals surface area contributed by atoms with E-state index < -0.39 is 0 Å². The summed E-state index contributed by atoms with van der Waals surface area (Å²) in [5, 5.41) is 2.99. The summed E-state index contributed by atoms with van der Waals surface area (Å²) in [6.07, 6.45) is 1.66. The first kappa shape index (κ1) is 16.7. The fourth-order valence-corrected chi connectivity index (χ4v) is 3.51. The van der Waals surface area contributed by atoms with E-state index in [1.165, 1.54) is 5.56 Å². The number of anilines is 1. The molecule has 2 N–H and O–H groups in total. The number of carbonyl (C=O) groups is 1. The van der Waals surface area contributed by atoms with Gasteiger partial charge >= 0.3 is 0 Å². The molecular weight excluding hydrogens is 328 g/mol. The standard InChI is InChI=1S/C20H24N4O2/c1-13-3-6-17-18(11-13)23-20(22-17)24-9-7-15(8-10-24)19(25)21-12-16-5-4-14(2)26-16/h3-6,11,15H,7-10,12H2,1-2H3,(H,21,25)(H,22,23). The summed E-state index contributed by atoms with van der Waals surface area (Å²) in [5.74, 6) is 2.72. The predicted molar refractivity (Wildman–Crippen MR) is 101 cm³/mol. The molecule has 2 aromatic heterocycles. The Morgan fingerprint density at radius 3 is 2.81 bits per heavy atom. The van der Waals surface area contributed by atoms with Gasteiger partial charge in [0.2, 0.25) is 11.9 Å². The Kier molecular flexibility index (Phi) is 4.41. The molecule has 0 aliphatic carbocycles. The molecule has 1 aliphatic heterocycles. The fourth-order valence-electron chi connectivity index (χ4n) is 3.51. The van der Waals surface area contributed by atoms with Crippen LogP contribution in [0, 0.1) is 19.8 Å². The highest BCUT2D eigenvalue weighted by Crippen LogP contribution is 2.24. The van der Waals surface area contributed by atoms with E-state index in [0.29, 0.717) is 6.54 Å². The largest absolute Gasteiger partial charge is 0.465 e. The van der Waals surface area contributed by atoms with Crippen molar-refractivity contribution in [2.75, 3.05) is 18.0 Å². The molecule has 26 heavy (non-hydrogen) atoms. The van der Waals surface area contributed by atoms with Gasteiger partial charge in [-0.1, -0.05) is 6.07 Å². The SMILES string of the molecule is Cc1ccc2nc(N3CCC(C(=O)NCc4ccc(C)o4)CC3)[nH]c2c1. The fraction of sp³-hybridized carbons (Fsp3) is 0.400. The molecule has 3 heterocycles. The lowest BCUT2D eigenvalue weighted by molar-refractivity contribution is -0.125. The van der Waals surface area contributed by atoms with Crippen LogP contribution in [-0.4, -0.2) is 29.0 Å². The average Bonchev–Trinajstić information content (AvgIpc) is 3.25. The molecule has 0 radical (unpaired) electrons. The molecule has 6 heteroatoms. The number of benzene rings is 1. The number of hydrogen-bond acceptors (Lipinski definition) is 4. The van der Waals surface area contributed by atoms with Gasteiger partial charge in [0.15, 0.2) is 0 Å². The van der Waals surface area contributed by atoms with E-state index in [4.69, 9.17) is 4.42 Å². The van der Waals surface area contributed by atoms with Crippen LogP contribution in [-0.2, 0) is 11.3 Å². The van der Waals surface area contributed by atoms with Crippen LogP contribution in [0.25, 0.3) is 11.0 Å². The quantitative estimate of drug-likeness (QED) is 0.755. The van der Waals surface area contributed by atoms with Gasteiger partial charge in [-0.2, -0.15) is 0 Å². The van der Waals surface area contributed by atoms with Crippen LogP contribution in [0.1, 0.15) is 29.9 Å². The molecule has 4 rings (SSSR count). The monoisotopic (exact) mass is 352 g/mol. The maximum absolute atomic E-state index is 12.4. The molecule has 1 saturated heterocycles. The van der Waals surface area contributed by atoms with Crippen LogP contribution in [0.2, 0.25) is 0 Å². The summed E-state index contributed by atoms with van der Waals surface area (Å²) in [6, 6.07) is 10.0. The van der Waals surface area contributed by atoms with Gasteiger partial charge in [-0.25, -0.2) is 4.98 Å². The number of imidazole rings is 1. The highest BCUT2D eigenvalue weighted by atomic mass is 16.3. The Hall–Kier alpha value is -2.76. The summed E-state index contributed by atoms with van der Waals surface area (Å²) in [7, 11) is 0. The van der Waals surface area contributed by atoms with E-state index in [2.05, 4.69) is 39.2 Å². The molecule has 3 aromatic rings. The van der Waals surface area contributed by atoms with Gasteiger partial charge in [0.25, 0.3) is 0 Å². The molecule has 1 aromatic carbocycles. The number of aromatic nitrogens is 2. The maximum Gasteiger partial charge on any atom is 0.223 e. The molecule has 0 bridgehead atoms. The smallest absolute Gasteiger partial charge is 0.223 e. The summed E-state index contributed by atoms with van der Waals surface area (Å²) < 4.78 is 5.50. The zero-order valence-electron chi connectivity index (χ0n) is 15.2. The van der Waals surface area contributed by atoms with Crippen molar-refractivity contribution in [2.45, 2.75) is 33.2 Å². The summed E-state index contributed by atoms with van der Waals surface area (Å²) in [5.41, 5.74) is 3.27. The van der Waals surface area contributed by atoms with Crippen LogP contribution in [0.15, 0.2) is 34.7 Å². The lowest BCUT2D eigenvalue weighted by atomic mass is 9.96. The number of amides is 1. The second-order valence-corrected chi connectivity index (χ2v) is 7.07. The zero-order valence-corrected chi connectivity index (χ0v) is 15.2. The zero-order chi connectivity index (χ0) is 18.1. The Labute approximate surface area is 152 Å². The van der Waals surface area contributed by atoms with Gasteiger partial charge in [-0.3, -0.25) is 4.79 Å². The normalized spacial score (nSPS) is 15.5. The van der Waals surface area contributed by atoms with E-state index in [-0.39, 0.29) is 11.8 Å². The molecule has 1 aliphatic rings. The number of nitrogens with one attached hydrogen (secondary N) is 2. The number of carbonyl (C=O) groups excluding carboxylic acids is 1. The van der Waals surface area contributed by atoms with E-state index in [1.807, 2.05) is 25.1 Å². The van der Waals surface area contributed by atoms with Crippen molar-refractivity contribution < 1.29 is 9.21 Å². The van der Waals surface area contributed by atoms with E-state index >= 15 is 0 Å². The average molecular weight is 352 g/mol. The van der Waals surface area contributed by atoms with Crippen LogP contribution < -0.4 is 10.2 Å². The Morgan fingerprint density at radius 1 is 1.27 bits per heavy atom. The third kappa shape index (κ3) is 3.45. The summed E-state index contributed by atoms with van der Waals surface area (Å²) in [6.45, 7) is 6.10. The Balaban J connectivity index is 1.33. The minimum Gasteiger partial charge on any atom is -0.465 e. The number of fused-ring (bicyclic) bond motifs is 1. The van der Waals surface area contributed by atoms with Crippen LogP contribution >= 0.6 is 0 Å². The van der Waals surface area contributed by atoms with Gasteiger partial charge in [-0.15, -0.1) is 0 Å². The molecule has 136 valence electrons. The lowest BCUT2D eigenvalue weighted by Crippen LogP contribution is -2.40. The van der Waals surface area contributed by atoms with Crippen LogP contribution in [0.5, 0.6) is 0 Å². The van der Waals surface area contributed by atoms with Crippen molar-refractivity contribution in [3.8, 4) is 0 Å². The van der Waals surface area contributed by atoms with Crippen molar-refractivity contribution in [1.82, 2.24) is 15.3 Å². The van der Waals surface area contributed by atoms with E-state index in [1.54, 1.807) is 0 Å². The molecular formula is C20H24N4O2. The van der Waals surface area contributed by atoms with Crippen molar-refractivity contribution >= 4 is 22.9 Å². The molecule has 1 fully saturated rings. The number of furan rings is 1. The van der Waals surface area contributed by atoms with Crippen molar-refractivity contribution in [3.05, 3.63) is 47.4 Å². The minimum absolute atomic E-state index is 0.0499. The van der Waals surface area contributed by atoms with E-state index in [0.717, 1.165) is 54.4 Å². The van der Waals surface area contributed by atoms with Gasteiger partial charge in [0, 0.05) is 19.0 Å². The van der Waals surface area contributed by atoms with Crippen molar-refractivity contribution in [2.24, 2.45) is 5.92 Å².